The van der Waals surface area contributed by atoms with Crippen molar-refractivity contribution in [2.75, 3.05) is 6.61 Å². The van der Waals surface area contributed by atoms with E-state index in [9.17, 15) is 0 Å². The SMILES string of the molecule is CC(C)c1ccc(-c2nc(COCCCc3ccccn3)co2)cc1. The molecule has 130 valence electrons. The highest BCUT2D eigenvalue weighted by Gasteiger charge is 2.08. The molecule has 0 fully saturated rings. The zero-order valence-corrected chi connectivity index (χ0v) is 14.8. The lowest BCUT2D eigenvalue weighted by Gasteiger charge is -2.04. The average Bonchev–Trinajstić information content (AvgIpc) is 3.11. The van der Waals surface area contributed by atoms with Crippen molar-refractivity contribution in [3.05, 3.63) is 71.9 Å². The molecule has 3 rings (SSSR count). The first-order chi connectivity index (χ1) is 12.2. The van der Waals surface area contributed by atoms with Crippen LogP contribution >= 0.6 is 0 Å². The first-order valence-electron chi connectivity index (χ1n) is 8.75. The van der Waals surface area contributed by atoms with Crippen molar-refractivity contribution in [1.82, 2.24) is 9.97 Å². The van der Waals surface area contributed by atoms with E-state index in [-0.39, 0.29) is 0 Å². The molecule has 1 aromatic carbocycles. The van der Waals surface area contributed by atoms with Crippen molar-refractivity contribution < 1.29 is 9.15 Å². The van der Waals surface area contributed by atoms with Gasteiger partial charge in [-0.2, -0.15) is 0 Å². The fourth-order valence-electron chi connectivity index (χ4n) is 2.59. The van der Waals surface area contributed by atoms with Crippen molar-refractivity contribution in [2.45, 2.75) is 39.2 Å². The van der Waals surface area contributed by atoms with Crippen LogP contribution in [-0.4, -0.2) is 16.6 Å². The molecule has 3 aromatic rings. The summed E-state index contributed by atoms with van der Waals surface area (Å²) in [5.74, 6) is 1.16. The molecule has 4 nitrogen and oxygen atoms in total. The molecule has 0 aliphatic rings. The molecule has 2 aromatic heterocycles. The smallest absolute Gasteiger partial charge is 0.226 e. The van der Waals surface area contributed by atoms with Gasteiger partial charge in [0.1, 0.15) is 12.0 Å². The number of oxazole rings is 1. The number of aryl methyl sites for hydroxylation is 1. The second-order valence-corrected chi connectivity index (χ2v) is 6.40. The molecular formula is C21H24N2O2. The highest BCUT2D eigenvalue weighted by molar-refractivity contribution is 5.53. The predicted octanol–water partition coefficient (Wildman–Crippen LogP) is 5.01. The van der Waals surface area contributed by atoms with Crippen LogP contribution in [0.25, 0.3) is 11.5 Å². The van der Waals surface area contributed by atoms with Gasteiger partial charge in [-0.15, -0.1) is 0 Å². The zero-order valence-electron chi connectivity index (χ0n) is 14.8. The van der Waals surface area contributed by atoms with Crippen molar-refractivity contribution >= 4 is 0 Å². The van der Waals surface area contributed by atoms with E-state index in [0.717, 1.165) is 29.8 Å². The lowest BCUT2D eigenvalue weighted by atomic mass is 10.0. The van der Waals surface area contributed by atoms with Crippen LogP contribution < -0.4 is 0 Å². The predicted molar refractivity (Wildman–Crippen MR) is 98.2 cm³/mol. The van der Waals surface area contributed by atoms with E-state index in [0.29, 0.717) is 25.0 Å². The van der Waals surface area contributed by atoms with E-state index < -0.39 is 0 Å². The second kappa shape index (κ2) is 8.58. The molecule has 0 saturated carbocycles. The summed E-state index contributed by atoms with van der Waals surface area (Å²) in [6.45, 7) is 5.52. The van der Waals surface area contributed by atoms with Gasteiger partial charge in [0.05, 0.1) is 6.61 Å². The Balaban J connectivity index is 1.45. The molecule has 25 heavy (non-hydrogen) atoms. The normalized spacial score (nSPS) is 11.2. The highest BCUT2D eigenvalue weighted by atomic mass is 16.5. The first-order valence-corrected chi connectivity index (χ1v) is 8.75. The van der Waals surface area contributed by atoms with Crippen molar-refractivity contribution in [3.8, 4) is 11.5 Å². The maximum absolute atomic E-state index is 5.69. The average molecular weight is 336 g/mol. The Bertz CT molecular complexity index is 764. The maximum Gasteiger partial charge on any atom is 0.226 e. The number of nitrogens with zero attached hydrogens (tertiary/aromatic N) is 2. The van der Waals surface area contributed by atoms with Crippen molar-refractivity contribution in [1.29, 1.82) is 0 Å². The fraction of sp³-hybridized carbons (Fsp3) is 0.333. The quantitative estimate of drug-likeness (QED) is 0.543. The minimum absolute atomic E-state index is 0.468. The highest BCUT2D eigenvalue weighted by Crippen LogP contribution is 2.22. The summed E-state index contributed by atoms with van der Waals surface area (Å²) in [5, 5.41) is 0. The molecule has 0 aliphatic heterocycles. The van der Waals surface area contributed by atoms with Crippen LogP contribution in [0.2, 0.25) is 0 Å². The molecule has 0 saturated heterocycles. The molecule has 2 heterocycles. The lowest BCUT2D eigenvalue weighted by Crippen LogP contribution is -1.98. The summed E-state index contributed by atoms with van der Waals surface area (Å²) < 4.78 is 11.3. The van der Waals surface area contributed by atoms with Crippen LogP contribution in [0.4, 0.5) is 0 Å². The summed E-state index contributed by atoms with van der Waals surface area (Å²) in [5.41, 5.74) is 4.22. The molecule has 0 spiro atoms. The van der Waals surface area contributed by atoms with E-state index in [2.05, 4.69) is 48.1 Å². The molecule has 0 N–H and O–H groups in total. The van der Waals surface area contributed by atoms with Crippen LogP contribution in [0.5, 0.6) is 0 Å². The summed E-state index contributed by atoms with van der Waals surface area (Å²) in [6, 6.07) is 14.3. The molecule has 0 radical (unpaired) electrons. The standard InChI is InChI=1S/C21H24N2O2/c1-16(2)17-8-10-18(11-9-17)21-23-20(15-25-21)14-24-13-5-7-19-6-3-4-12-22-19/h3-4,6,8-12,15-16H,5,7,13-14H2,1-2H3. The van der Waals surface area contributed by atoms with Gasteiger partial charge in [0.2, 0.25) is 5.89 Å². The van der Waals surface area contributed by atoms with Crippen LogP contribution in [0.3, 0.4) is 0 Å². The summed E-state index contributed by atoms with van der Waals surface area (Å²) in [6.07, 6.45) is 5.36. The third kappa shape index (κ3) is 5.00. The minimum Gasteiger partial charge on any atom is -0.444 e. The van der Waals surface area contributed by atoms with Crippen LogP contribution in [0, 0.1) is 0 Å². The number of benzene rings is 1. The number of hydrogen-bond donors (Lipinski definition) is 0. The summed E-state index contributed by atoms with van der Waals surface area (Å²) in [7, 11) is 0. The van der Waals surface area contributed by atoms with E-state index >= 15 is 0 Å². The molecule has 0 bridgehead atoms. The van der Waals surface area contributed by atoms with Gasteiger partial charge in [0.25, 0.3) is 0 Å². The number of pyridine rings is 1. The topological polar surface area (TPSA) is 48.2 Å². The molecule has 0 aliphatic carbocycles. The van der Waals surface area contributed by atoms with Gasteiger partial charge in [-0.05, 0) is 48.6 Å². The summed E-state index contributed by atoms with van der Waals surface area (Å²) in [4.78, 5) is 8.81. The number of rotatable bonds is 8. The van der Waals surface area contributed by atoms with Crippen LogP contribution in [0.1, 0.15) is 43.1 Å². The van der Waals surface area contributed by atoms with Gasteiger partial charge >= 0.3 is 0 Å². The Morgan fingerprint density at radius 3 is 2.60 bits per heavy atom. The zero-order chi connectivity index (χ0) is 17.5. The third-order valence-electron chi connectivity index (χ3n) is 4.07. The van der Waals surface area contributed by atoms with E-state index in [1.165, 1.54) is 5.56 Å². The minimum atomic E-state index is 0.468. The Morgan fingerprint density at radius 1 is 1.04 bits per heavy atom. The third-order valence-corrected chi connectivity index (χ3v) is 4.07. The molecule has 4 heteroatoms. The summed E-state index contributed by atoms with van der Waals surface area (Å²) >= 11 is 0. The van der Waals surface area contributed by atoms with E-state index in [1.54, 1.807) is 6.26 Å². The molecule has 0 unspecified atom stereocenters. The number of ether oxygens (including phenoxy) is 1. The Morgan fingerprint density at radius 2 is 1.88 bits per heavy atom. The first kappa shape index (κ1) is 17.4. The van der Waals surface area contributed by atoms with Gasteiger partial charge in [-0.1, -0.05) is 32.0 Å². The molecule has 0 atom stereocenters. The molecule has 0 amide bonds. The van der Waals surface area contributed by atoms with Crippen molar-refractivity contribution in [3.63, 3.8) is 0 Å². The van der Waals surface area contributed by atoms with Gasteiger partial charge in [0.15, 0.2) is 0 Å². The van der Waals surface area contributed by atoms with E-state index in [1.807, 2.05) is 24.4 Å². The Kier molecular flexibility index (Phi) is 5.96. The monoisotopic (exact) mass is 336 g/mol. The molecular weight excluding hydrogens is 312 g/mol. The van der Waals surface area contributed by atoms with Crippen molar-refractivity contribution in [2.24, 2.45) is 0 Å². The Hall–Kier alpha value is -2.46. The van der Waals surface area contributed by atoms with Crippen LogP contribution in [-0.2, 0) is 17.8 Å². The number of hydrogen-bond acceptors (Lipinski definition) is 4. The lowest BCUT2D eigenvalue weighted by molar-refractivity contribution is 0.116. The second-order valence-electron chi connectivity index (χ2n) is 6.40. The van der Waals surface area contributed by atoms with Gasteiger partial charge < -0.3 is 9.15 Å². The van der Waals surface area contributed by atoms with Gasteiger partial charge in [0, 0.05) is 24.1 Å². The fourth-order valence-corrected chi connectivity index (χ4v) is 2.59. The van der Waals surface area contributed by atoms with Crippen LogP contribution in [0.15, 0.2) is 59.3 Å². The Labute approximate surface area is 148 Å². The van der Waals surface area contributed by atoms with E-state index in [4.69, 9.17) is 9.15 Å². The van der Waals surface area contributed by atoms with Gasteiger partial charge in [-0.3, -0.25) is 4.98 Å². The maximum atomic E-state index is 5.69. The largest absolute Gasteiger partial charge is 0.444 e. The number of aromatic nitrogens is 2. The van der Waals surface area contributed by atoms with Gasteiger partial charge in [-0.25, -0.2) is 4.98 Å².